The summed E-state index contributed by atoms with van der Waals surface area (Å²) >= 11 is 7.34. The molecule has 8 amide bonds. The molecule has 0 unspecified atom stereocenters. The van der Waals surface area contributed by atoms with Gasteiger partial charge >= 0.3 is 40.1 Å². The smallest absolute Gasteiger partial charge is 0.409 e. The first-order valence-corrected chi connectivity index (χ1v) is 38.6. The number of carbonyl (C=O) groups is 12. The molecule has 0 aliphatic carbocycles. The van der Waals surface area contributed by atoms with Crippen molar-refractivity contribution in [3.05, 3.63) is 58.4 Å². The minimum Gasteiger partial charge on any atom is -0.495 e. The summed E-state index contributed by atoms with van der Waals surface area (Å²) in [6.45, 7) is 6.27. The van der Waals surface area contributed by atoms with Crippen LogP contribution in [0.5, 0.6) is 5.75 Å². The number of nitrogens with zero attached hydrogens (tertiary/aromatic N) is 8. The van der Waals surface area contributed by atoms with Crippen molar-refractivity contribution in [3.8, 4) is 5.75 Å². The lowest BCUT2D eigenvalue weighted by Crippen LogP contribution is -2.63. The summed E-state index contributed by atoms with van der Waals surface area (Å²) in [5, 5.41) is 70.4. The molecule has 2 aromatic heterocycles. The van der Waals surface area contributed by atoms with Crippen molar-refractivity contribution in [3.63, 3.8) is 0 Å². The molecule has 5 heterocycles. The highest BCUT2D eigenvalue weighted by atomic mass is 35.5. The number of alkyl carbamates (subject to hydrolysis) is 1. The third-order valence-electron chi connectivity index (χ3n) is 17.5. The number of carboxylic acid groups (broad SMARTS) is 3. The zero-order chi connectivity index (χ0) is 80.8. The Morgan fingerprint density at radius 1 is 0.917 bits per heavy atom. The average molecular weight is 1630 g/mol. The van der Waals surface area contributed by atoms with E-state index in [-0.39, 0.29) is 91.3 Å². The van der Waals surface area contributed by atoms with Gasteiger partial charge in [0, 0.05) is 77.1 Å². The van der Waals surface area contributed by atoms with E-state index in [1.807, 2.05) is 6.92 Å². The van der Waals surface area contributed by atoms with Crippen molar-refractivity contribution >= 4 is 143 Å². The van der Waals surface area contributed by atoms with Crippen LogP contribution in [0.1, 0.15) is 103 Å². The molecule has 6 rings (SSSR count). The molecular formula is C63H88ClN17O24S4. The van der Waals surface area contributed by atoms with Gasteiger partial charge in [-0.15, -0.1) is 15.3 Å². The van der Waals surface area contributed by atoms with Gasteiger partial charge < -0.3 is 92.0 Å². The second kappa shape index (κ2) is 40.4. The fourth-order valence-electron chi connectivity index (χ4n) is 11.3. The van der Waals surface area contributed by atoms with Gasteiger partial charge in [0.1, 0.15) is 64.9 Å². The Labute approximate surface area is 641 Å². The van der Waals surface area contributed by atoms with Crippen LogP contribution in [0.2, 0.25) is 5.02 Å². The molecule has 46 heteroatoms. The van der Waals surface area contributed by atoms with Crippen LogP contribution in [0, 0.1) is 5.92 Å². The van der Waals surface area contributed by atoms with Gasteiger partial charge in [0.05, 0.1) is 50.4 Å². The number of amides is 8. The molecule has 3 aromatic rings. The van der Waals surface area contributed by atoms with Gasteiger partial charge in [-0.25, -0.2) is 14.4 Å². The van der Waals surface area contributed by atoms with Crippen LogP contribution < -0.4 is 58.9 Å². The quantitative estimate of drug-likeness (QED) is 0.00500. The Balaban J connectivity index is 1.04. The summed E-state index contributed by atoms with van der Waals surface area (Å²) in [5.41, 5.74) is 9.71. The number of esters is 1. The van der Waals surface area contributed by atoms with Crippen LogP contribution in [0.4, 0.5) is 15.6 Å². The maximum Gasteiger partial charge on any atom is 0.409 e. The number of fused-ring (bicyclic) bond motifs is 5. The number of carboxylic acids is 3. The van der Waals surface area contributed by atoms with Crippen LogP contribution in [0.15, 0.2) is 51.5 Å². The maximum atomic E-state index is 14.5. The Morgan fingerprint density at radius 3 is 2.22 bits per heavy atom. The van der Waals surface area contributed by atoms with Crippen molar-refractivity contribution in [2.24, 2.45) is 28.3 Å². The minimum atomic E-state index is -4.34. The Morgan fingerprint density at radius 2 is 1.58 bits per heavy atom. The first kappa shape index (κ1) is 88.6. The number of rotatable bonds is 37. The fourth-order valence-corrected chi connectivity index (χ4v) is 15.2. The number of carbonyl (C=O) groups excluding carboxylic acids is 9. The highest BCUT2D eigenvalue weighted by Gasteiger charge is 2.64. The molecule has 0 spiro atoms. The van der Waals surface area contributed by atoms with Gasteiger partial charge in [0.2, 0.25) is 46.5 Å². The molecule has 12 atom stereocenters. The van der Waals surface area contributed by atoms with Crippen molar-refractivity contribution in [1.82, 2.24) is 56.7 Å². The van der Waals surface area contributed by atoms with Gasteiger partial charge in [0.15, 0.2) is 11.7 Å². The zero-order valence-electron chi connectivity index (χ0n) is 60.3. The van der Waals surface area contributed by atoms with E-state index in [0.717, 1.165) is 32.1 Å². The van der Waals surface area contributed by atoms with E-state index in [1.165, 1.54) is 51.0 Å². The number of nitrogens with one attached hydrogen (secondary N) is 6. The largest absolute Gasteiger partial charge is 0.495 e. The van der Waals surface area contributed by atoms with E-state index in [1.54, 1.807) is 44.2 Å². The number of aromatic nitrogens is 5. The van der Waals surface area contributed by atoms with Gasteiger partial charge in [-0.3, -0.25) is 58.1 Å². The predicted octanol–water partition coefficient (Wildman–Crippen LogP) is -0.614. The van der Waals surface area contributed by atoms with E-state index in [4.69, 9.17) is 52.6 Å². The van der Waals surface area contributed by atoms with E-state index in [2.05, 4.69) is 61.7 Å². The molecule has 0 saturated carbocycles. The number of methoxy groups -OCH3 is 2. The Hall–Kier alpha value is -9.35. The highest BCUT2D eigenvalue weighted by Crippen LogP contribution is 2.49. The van der Waals surface area contributed by atoms with E-state index in [9.17, 15) is 86.4 Å². The van der Waals surface area contributed by atoms with Crippen LogP contribution in [0.25, 0.3) is 0 Å². The number of epoxide rings is 1. The number of hydrogen-bond acceptors (Lipinski definition) is 30. The van der Waals surface area contributed by atoms with Crippen LogP contribution in [0.3, 0.4) is 0 Å². The van der Waals surface area contributed by atoms with Gasteiger partial charge in [-0.2, -0.15) is 18.6 Å². The molecule has 600 valence electrons. The zero-order valence-corrected chi connectivity index (χ0v) is 64.3. The summed E-state index contributed by atoms with van der Waals surface area (Å²) < 4.78 is 57.3. The molecular weight excluding hydrogens is 1540 g/mol. The highest BCUT2D eigenvalue weighted by molar-refractivity contribution is 8.76. The molecule has 0 radical (unpaired) electrons. The van der Waals surface area contributed by atoms with Crippen molar-refractivity contribution in [1.29, 1.82) is 0 Å². The normalized spacial score (nSPS) is 22.1. The standard InChI is InChI=1S/C63H88ClN17O24S4/c1-31-12-9-15-43(101-8)63(97)28-42(102-60(96)74-63)32(2)52-62(4,104-52)44(27-48(85)80(6)40-23-34(22-31)24-41(100-7)51(40)64)103-57(95)33(3)79(5)47(84)18-21-106-107-30-39(56(93)94)72-55(92)38(26-50(88)89)71-53(90)36(14-11-19-68-58(65)66)70-54(91)37(25-49(86)87)69-46(83)17-20-81-29-35(75-78-81)13-10-16-45(82)73-59-76-77-61(108-59)109(98,99)105-67/h9,12,15,23-24,29,32-33,36-39,42-44,52,97H,10-11,13-14,16-22,25-28,30,67H2,1-8H3,(H,69,83)(H,70,91)(H,71,90)(H,72,92)(H,74,96)(H,86,87)(H,88,89)(H,93,94)(H4,65,66,68)(H,73,76,82)/b15-9+,31-12+/t32-,33+,36+,37+,38+,39+,42+,43-,44+,52+,62-,63+/m1/s1. The van der Waals surface area contributed by atoms with Gasteiger partial charge in [-0.05, 0) is 70.6 Å². The van der Waals surface area contributed by atoms with E-state index >= 15 is 0 Å². The molecule has 41 nitrogen and oxygen atoms in total. The number of benzene rings is 1. The molecule has 3 aliphatic heterocycles. The molecule has 2 fully saturated rings. The van der Waals surface area contributed by atoms with E-state index < -0.39 is 189 Å². The molecule has 4 bridgehead atoms. The summed E-state index contributed by atoms with van der Waals surface area (Å²) in [4.78, 5) is 166. The number of ether oxygens (including phenoxy) is 5. The Bertz CT molecular complexity index is 4050. The van der Waals surface area contributed by atoms with Gasteiger partial charge in [-0.1, -0.05) is 80.5 Å². The minimum absolute atomic E-state index is 0.000205. The lowest BCUT2D eigenvalue weighted by molar-refractivity contribution is -0.162. The van der Waals surface area contributed by atoms with Crippen LogP contribution in [-0.4, -0.2) is 249 Å². The van der Waals surface area contributed by atoms with Crippen LogP contribution in [-0.2, 0) is 105 Å². The molecule has 109 heavy (non-hydrogen) atoms. The van der Waals surface area contributed by atoms with Crippen molar-refractivity contribution in [2.75, 3.05) is 56.6 Å². The van der Waals surface area contributed by atoms with Crippen molar-refractivity contribution in [2.45, 2.75) is 182 Å². The van der Waals surface area contributed by atoms with Crippen LogP contribution >= 0.6 is 44.5 Å². The molecule has 3 aliphatic rings. The maximum absolute atomic E-state index is 14.5. The fraction of sp³-hybridized carbons (Fsp3) is 0.571. The topological polar surface area (TPSA) is 604 Å². The number of aliphatic imine (C=N–C) groups is 1. The lowest BCUT2D eigenvalue weighted by atomic mass is 9.83. The number of aliphatic carboxylic acids is 3. The summed E-state index contributed by atoms with van der Waals surface area (Å²) in [6.07, 6.45) is -1.79. The SMILES string of the molecule is COc1cc2cc(c1Cl)N(C)C(=O)C[C@H](OC(=O)[C@H](C)N(C)C(=O)CCSSC[C@H](NC(=O)[C@H](CC(=O)O)NC(=O)[C@H](CCCN=C(N)N)NC(=O)[C@H](CC(=O)O)NC(=O)CCn1cc(CCCC(=O)Nc3nnc(S(=O)(=O)ON)s3)nn1)C(=O)O)[C@@]1(C)O[C@H]1[C@H](C)[C@@H]1C[C@@](O)(NC(=O)O1)[C@H](OC)/C=C/C=C(\C)C2. The number of allylic oxidation sites excluding steroid dienone is 3. The van der Waals surface area contributed by atoms with Crippen molar-refractivity contribution < 1.29 is 114 Å². The number of guanidine groups is 1. The number of aliphatic hydroxyl groups is 1. The third-order valence-corrected chi connectivity index (χ3v) is 22.5. The number of halogens is 1. The first-order chi connectivity index (χ1) is 51.3. The second-order valence-electron chi connectivity index (χ2n) is 25.6. The second-order valence-corrected chi connectivity index (χ2v) is 31.3. The summed E-state index contributed by atoms with van der Waals surface area (Å²) in [5.74, 6) is -8.49. The number of nitrogens with two attached hydrogens (primary N) is 3. The number of likely N-dealkylation sites (N-methyl/N-ethyl adjacent to an activating group) is 1. The molecule has 16 N–H and O–H groups in total. The Kier molecular flexibility index (Phi) is 32.8. The number of anilines is 2. The first-order valence-electron chi connectivity index (χ1n) is 33.5. The average Bonchev–Trinajstić information content (AvgIpc) is 1.57. The molecule has 2 saturated heterocycles. The summed E-state index contributed by atoms with van der Waals surface area (Å²) in [7, 11) is 3.13. The lowest BCUT2D eigenvalue weighted by Gasteiger charge is -2.42. The number of hydrogen-bond donors (Lipinski definition) is 13. The summed E-state index contributed by atoms with van der Waals surface area (Å²) in [6, 6.07) is -5.15. The predicted molar refractivity (Wildman–Crippen MR) is 389 cm³/mol. The third kappa shape index (κ3) is 25.9. The molecule has 1 aromatic carbocycles. The van der Waals surface area contributed by atoms with E-state index in [0.29, 0.717) is 29.0 Å². The monoisotopic (exact) mass is 1630 g/mol. The van der Waals surface area contributed by atoms with Gasteiger partial charge in [0.25, 0.3) is 4.34 Å². The number of aryl methyl sites for hydroxylation is 2.